The molecule has 0 saturated heterocycles. The number of aliphatic hydroxyl groups is 2. The highest BCUT2D eigenvalue weighted by Crippen LogP contribution is 2.16. The van der Waals surface area contributed by atoms with E-state index in [4.69, 9.17) is 5.11 Å². The van der Waals surface area contributed by atoms with Gasteiger partial charge in [0.1, 0.15) is 0 Å². The normalized spacial score (nSPS) is 12.4. The summed E-state index contributed by atoms with van der Waals surface area (Å²) in [5, 5.41) is 21.3. The fourth-order valence-electron chi connectivity index (χ4n) is 5.59. The second-order valence-corrected chi connectivity index (χ2v) is 11.9. The first-order chi connectivity index (χ1) is 18.3. The van der Waals surface area contributed by atoms with E-state index in [2.05, 4.69) is 12.2 Å². The van der Waals surface area contributed by atoms with Crippen molar-refractivity contribution in [2.24, 2.45) is 0 Å². The van der Waals surface area contributed by atoms with Crippen molar-refractivity contribution in [2.75, 3.05) is 19.8 Å². The number of nitrogens with one attached hydrogen (secondary N) is 1. The Balaban J connectivity index is 3.08. The topological polar surface area (TPSA) is 52.5 Å². The second kappa shape index (κ2) is 33.9. The third-order valence-electron chi connectivity index (χ3n) is 8.17. The Morgan fingerprint density at radius 2 is 0.676 bits per heavy atom. The SMILES string of the molecule is CCCCCCCCCCCCCCCCCCCCCCCCCCCCCCC(CO)NCCO. The van der Waals surface area contributed by atoms with Crippen molar-refractivity contribution in [1.29, 1.82) is 0 Å². The summed E-state index contributed by atoms with van der Waals surface area (Å²) in [5.41, 5.74) is 0. The molecule has 1 atom stereocenters. The van der Waals surface area contributed by atoms with Crippen LogP contribution in [-0.4, -0.2) is 36.0 Å². The first-order valence-corrected chi connectivity index (χ1v) is 17.3. The summed E-state index contributed by atoms with van der Waals surface area (Å²) in [5.74, 6) is 0. The zero-order chi connectivity index (χ0) is 26.9. The Morgan fingerprint density at radius 3 is 0.919 bits per heavy atom. The van der Waals surface area contributed by atoms with E-state index in [-0.39, 0.29) is 19.3 Å². The van der Waals surface area contributed by atoms with E-state index in [9.17, 15) is 5.11 Å². The molecular formula is C34H71NO2. The molecule has 0 saturated carbocycles. The highest BCUT2D eigenvalue weighted by Gasteiger charge is 2.05. The van der Waals surface area contributed by atoms with Gasteiger partial charge in [-0.05, 0) is 6.42 Å². The molecule has 3 heteroatoms. The standard InChI is InChI=1S/C34H71NO2/c1-2-3-4-5-6-7-8-9-10-11-12-13-14-15-16-17-18-19-20-21-22-23-24-25-26-27-28-29-30-34(33-37)35-31-32-36/h34-37H,2-33H2,1H3. The van der Waals surface area contributed by atoms with Gasteiger partial charge in [0.25, 0.3) is 0 Å². The van der Waals surface area contributed by atoms with Crippen LogP contribution in [0.2, 0.25) is 0 Å². The predicted molar refractivity (Wildman–Crippen MR) is 166 cm³/mol. The van der Waals surface area contributed by atoms with E-state index in [1.807, 2.05) is 0 Å². The van der Waals surface area contributed by atoms with Crippen LogP contribution < -0.4 is 5.32 Å². The van der Waals surface area contributed by atoms with Gasteiger partial charge < -0.3 is 15.5 Å². The molecular weight excluding hydrogens is 454 g/mol. The van der Waals surface area contributed by atoms with Gasteiger partial charge >= 0.3 is 0 Å². The largest absolute Gasteiger partial charge is 0.395 e. The van der Waals surface area contributed by atoms with Crippen LogP contribution >= 0.6 is 0 Å². The molecule has 0 aliphatic carbocycles. The third-order valence-corrected chi connectivity index (χ3v) is 8.17. The van der Waals surface area contributed by atoms with Gasteiger partial charge in [0.15, 0.2) is 0 Å². The summed E-state index contributed by atoms with van der Waals surface area (Å²) in [7, 11) is 0. The van der Waals surface area contributed by atoms with E-state index in [1.165, 1.54) is 180 Å². The maximum Gasteiger partial charge on any atom is 0.0584 e. The predicted octanol–water partition coefficient (Wildman–Crippen LogP) is 10.3. The van der Waals surface area contributed by atoms with Crippen molar-refractivity contribution in [3.63, 3.8) is 0 Å². The molecule has 0 fully saturated rings. The Kier molecular flexibility index (Phi) is 33.8. The average Bonchev–Trinajstić information content (AvgIpc) is 2.92. The second-order valence-electron chi connectivity index (χ2n) is 11.9. The lowest BCUT2D eigenvalue weighted by Gasteiger charge is -2.15. The fourth-order valence-corrected chi connectivity index (χ4v) is 5.59. The summed E-state index contributed by atoms with van der Waals surface area (Å²) in [6.07, 6.45) is 41.1. The molecule has 1 unspecified atom stereocenters. The van der Waals surface area contributed by atoms with Crippen molar-refractivity contribution in [2.45, 2.75) is 199 Å². The summed E-state index contributed by atoms with van der Waals surface area (Å²) in [6.45, 7) is 3.22. The molecule has 224 valence electrons. The molecule has 37 heavy (non-hydrogen) atoms. The number of aliphatic hydroxyl groups excluding tert-OH is 2. The van der Waals surface area contributed by atoms with E-state index < -0.39 is 0 Å². The van der Waals surface area contributed by atoms with Crippen LogP contribution in [0.1, 0.15) is 193 Å². The summed E-state index contributed by atoms with van der Waals surface area (Å²) < 4.78 is 0. The summed E-state index contributed by atoms with van der Waals surface area (Å²) in [6, 6.07) is 0.163. The molecule has 3 nitrogen and oxygen atoms in total. The zero-order valence-electron chi connectivity index (χ0n) is 25.6. The zero-order valence-corrected chi connectivity index (χ0v) is 25.6. The first kappa shape index (κ1) is 36.9. The maximum atomic E-state index is 9.31. The highest BCUT2D eigenvalue weighted by molar-refractivity contribution is 4.65. The molecule has 0 aromatic carbocycles. The summed E-state index contributed by atoms with van der Waals surface area (Å²) >= 11 is 0. The van der Waals surface area contributed by atoms with Gasteiger partial charge in [-0.25, -0.2) is 0 Å². The quantitative estimate of drug-likeness (QED) is 0.0747. The van der Waals surface area contributed by atoms with Gasteiger partial charge in [0.05, 0.1) is 13.2 Å². The molecule has 0 spiro atoms. The molecule has 0 rings (SSSR count). The number of hydrogen-bond donors (Lipinski definition) is 3. The number of rotatable bonds is 33. The van der Waals surface area contributed by atoms with Crippen LogP contribution in [-0.2, 0) is 0 Å². The molecule has 0 heterocycles. The van der Waals surface area contributed by atoms with Gasteiger partial charge in [-0.15, -0.1) is 0 Å². The molecule has 3 N–H and O–H groups in total. The van der Waals surface area contributed by atoms with Crippen LogP contribution in [0.15, 0.2) is 0 Å². The Bertz CT molecular complexity index is 390. The van der Waals surface area contributed by atoms with Crippen LogP contribution in [0.3, 0.4) is 0 Å². The lowest BCUT2D eigenvalue weighted by atomic mass is 10.0. The van der Waals surface area contributed by atoms with Gasteiger partial charge in [0, 0.05) is 12.6 Å². The van der Waals surface area contributed by atoms with Crippen LogP contribution in [0.25, 0.3) is 0 Å². The van der Waals surface area contributed by atoms with Crippen molar-refractivity contribution in [1.82, 2.24) is 5.32 Å². The lowest BCUT2D eigenvalue weighted by molar-refractivity contribution is 0.217. The monoisotopic (exact) mass is 526 g/mol. The molecule has 0 bridgehead atoms. The van der Waals surface area contributed by atoms with Crippen LogP contribution in [0.5, 0.6) is 0 Å². The van der Waals surface area contributed by atoms with Gasteiger partial charge in [-0.2, -0.15) is 0 Å². The molecule has 0 amide bonds. The smallest absolute Gasteiger partial charge is 0.0584 e. The lowest BCUT2D eigenvalue weighted by Crippen LogP contribution is -2.34. The van der Waals surface area contributed by atoms with E-state index >= 15 is 0 Å². The third kappa shape index (κ3) is 32.0. The Hall–Kier alpha value is -0.120. The molecule has 0 aliphatic rings. The van der Waals surface area contributed by atoms with Gasteiger partial charge in [0.2, 0.25) is 0 Å². The average molecular weight is 526 g/mol. The van der Waals surface area contributed by atoms with E-state index in [0.29, 0.717) is 6.54 Å². The van der Waals surface area contributed by atoms with Crippen LogP contribution in [0.4, 0.5) is 0 Å². The highest BCUT2D eigenvalue weighted by atomic mass is 16.3. The van der Waals surface area contributed by atoms with Crippen molar-refractivity contribution >= 4 is 0 Å². The Morgan fingerprint density at radius 1 is 0.405 bits per heavy atom. The molecule has 0 radical (unpaired) electrons. The molecule has 0 aromatic heterocycles. The van der Waals surface area contributed by atoms with E-state index in [1.54, 1.807) is 0 Å². The van der Waals surface area contributed by atoms with Crippen molar-refractivity contribution < 1.29 is 10.2 Å². The molecule has 0 aliphatic heterocycles. The fraction of sp³-hybridized carbons (Fsp3) is 1.00. The number of hydrogen-bond acceptors (Lipinski definition) is 3. The van der Waals surface area contributed by atoms with Gasteiger partial charge in [-0.1, -0.05) is 187 Å². The Labute approximate surface area is 234 Å². The minimum atomic E-state index is 0.149. The van der Waals surface area contributed by atoms with Crippen LogP contribution in [0, 0.1) is 0 Å². The minimum absolute atomic E-state index is 0.149. The first-order valence-electron chi connectivity index (χ1n) is 17.3. The number of unbranched alkanes of at least 4 members (excludes halogenated alkanes) is 27. The maximum absolute atomic E-state index is 9.31. The van der Waals surface area contributed by atoms with Crippen molar-refractivity contribution in [3.05, 3.63) is 0 Å². The molecule has 0 aromatic rings. The van der Waals surface area contributed by atoms with Gasteiger partial charge in [-0.3, -0.25) is 0 Å². The van der Waals surface area contributed by atoms with Crippen molar-refractivity contribution in [3.8, 4) is 0 Å². The summed E-state index contributed by atoms with van der Waals surface area (Å²) in [4.78, 5) is 0. The minimum Gasteiger partial charge on any atom is -0.395 e. The van der Waals surface area contributed by atoms with E-state index in [0.717, 1.165) is 6.42 Å².